The molecule has 4 rings (SSSR count). The molecule has 1 spiro atoms. The van der Waals surface area contributed by atoms with Crippen molar-refractivity contribution in [1.29, 1.82) is 0 Å². The number of likely N-dealkylation sites (tertiary alicyclic amines) is 1. The van der Waals surface area contributed by atoms with E-state index >= 15 is 0 Å². The molecule has 0 aromatic heterocycles. The molecular formula is C23H31N3O3. The number of piperidine rings is 1. The summed E-state index contributed by atoms with van der Waals surface area (Å²) in [6, 6.07) is 8.68. The van der Waals surface area contributed by atoms with Crippen LogP contribution in [0, 0.1) is 5.92 Å². The lowest BCUT2D eigenvalue weighted by Gasteiger charge is -2.43. The summed E-state index contributed by atoms with van der Waals surface area (Å²) in [7, 11) is 0. The number of carbonyl (C=O) groups is 2. The predicted octanol–water partition coefficient (Wildman–Crippen LogP) is 3.43. The zero-order valence-corrected chi connectivity index (χ0v) is 17.7. The van der Waals surface area contributed by atoms with Crippen LogP contribution in [0.5, 0.6) is 0 Å². The van der Waals surface area contributed by atoms with Gasteiger partial charge in [-0.2, -0.15) is 0 Å². The highest BCUT2D eigenvalue weighted by molar-refractivity contribution is 5.98. The summed E-state index contributed by atoms with van der Waals surface area (Å²) in [4.78, 5) is 33.0. The van der Waals surface area contributed by atoms with Crippen LogP contribution in [0.4, 0.5) is 4.79 Å². The van der Waals surface area contributed by atoms with Gasteiger partial charge in [-0.25, -0.2) is 9.79 Å². The Kier molecular flexibility index (Phi) is 5.13. The normalized spacial score (nSPS) is 21.1. The molecular weight excluding hydrogens is 366 g/mol. The van der Waals surface area contributed by atoms with Crippen LogP contribution in [0.15, 0.2) is 29.3 Å². The highest BCUT2D eigenvalue weighted by atomic mass is 16.6. The molecule has 1 fully saturated rings. The summed E-state index contributed by atoms with van der Waals surface area (Å²) < 4.78 is 5.48. The number of hydrogen-bond donors (Lipinski definition) is 0. The highest BCUT2D eigenvalue weighted by Gasteiger charge is 2.49. The molecule has 6 nitrogen and oxygen atoms in total. The van der Waals surface area contributed by atoms with Crippen LogP contribution in [0.2, 0.25) is 0 Å². The van der Waals surface area contributed by atoms with Crippen LogP contribution < -0.4 is 0 Å². The monoisotopic (exact) mass is 397 g/mol. The second-order valence-corrected chi connectivity index (χ2v) is 9.57. The molecule has 0 unspecified atom stereocenters. The topological polar surface area (TPSA) is 62.2 Å². The van der Waals surface area contributed by atoms with Crippen molar-refractivity contribution < 1.29 is 14.3 Å². The second kappa shape index (κ2) is 7.47. The predicted molar refractivity (Wildman–Crippen MR) is 112 cm³/mol. The molecule has 1 aromatic rings. The maximum absolute atomic E-state index is 12.7. The van der Waals surface area contributed by atoms with Crippen molar-refractivity contribution >= 4 is 18.3 Å². The van der Waals surface area contributed by atoms with Gasteiger partial charge < -0.3 is 14.5 Å². The average Bonchev–Trinajstić information content (AvgIpc) is 3.21. The first-order valence-corrected chi connectivity index (χ1v) is 10.7. The molecule has 6 heteroatoms. The number of nitrogens with zero attached hydrogens (tertiary/aromatic N) is 3. The lowest BCUT2D eigenvalue weighted by molar-refractivity contribution is -0.128. The van der Waals surface area contributed by atoms with E-state index in [1.807, 2.05) is 20.8 Å². The molecule has 0 N–H and O–H groups in total. The van der Waals surface area contributed by atoms with Gasteiger partial charge in [0.15, 0.2) is 0 Å². The molecule has 156 valence electrons. The largest absolute Gasteiger partial charge is 0.444 e. The minimum atomic E-state index is -0.579. The lowest BCUT2D eigenvalue weighted by atomic mass is 9.85. The Morgan fingerprint density at radius 2 is 1.79 bits per heavy atom. The van der Waals surface area contributed by atoms with Gasteiger partial charge in [-0.1, -0.05) is 24.3 Å². The van der Waals surface area contributed by atoms with Crippen LogP contribution in [0.1, 0.15) is 51.2 Å². The Morgan fingerprint density at radius 3 is 2.38 bits per heavy atom. The summed E-state index contributed by atoms with van der Waals surface area (Å²) in [6.45, 7) is 7.49. The van der Waals surface area contributed by atoms with Gasteiger partial charge in [-0.05, 0) is 69.9 Å². The number of ether oxygens (including phenoxy) is 1. The number of aliphatic imine (C=N–C) groups is 1. The smallest absolute Gasteiger partial charge is 0.410 e. The molecule has 3 aliphatic rings. The molecule has 2 heterocycles. The van der Waals surface area contributed by atoms with Gasteiger partial charge in [0.05, 0.1) is 6.34 Å². The van der Waals surface area contributed by atoms with E-state index in [0.717, 1.165) is 25.8 Å². The first-order chi connectivity index (χ1) is 13.8. The van der Waals surface area contributed by atoms with Crippen LogP contribution in [-0.2, 0) is 22.4 Å². The van der Waals surface area contributed by atoms with E-state index in [9.17, 15) is 9.59 Å². The van der Waals surface area contributed by atoms with E-state index in [1.165, 1.54) is 11.1 Å². The number of amides is 2. The summed E-state index contributed by atoms with van der Waals surface area (Å²) in [5.41, 5.74) is 1.83. The molecule has 1 saturated heterocycles. The SMILES string of the molecule is CC(C)(C)OC(=O)N1CCC2(CC1)C(=O)N=CN2CCC1Cc2ccccc2C1. The third-order valence-corrected chi connectivity index (χ3v) is 6.42. The van der Waals surface area contributed by atoms with Crippen molar-refractivity contribution in [2.75, 3.05) is 19.6 Å². The summed E-state index contributed by atoms with van der Waals surface area (Å²) in [5, 5.41) is 0. The summed E-state index contributed by atoms with van der Waals surface area (Å²) in [5.74, 6) is 0.562. The quantitative estimate of drug-likeness (QED) is 0.784. The zero-order valence-electron chi connectivity index (χ0n) is 17.7. The van der Waals surface area contributed by atoms with E-state index in [2.05, 4.69) is 34.2 Å². The Labute approximate surface area is 172 Å². The number of benzene rings is 1. The number of hydrogen-bond acceptors (Lipinski definition) is 4. The molecule has 1 aromatic carbocycles. The Hall–Kier alpha value is -2.37. The van der Waals surface area contributed by atoms with E-state index in [-0.39, 0.29) is 12.0 Å². The molecule has 2 amide bonds. The van der Waals surface area contributed by atoms with E-state index in [4.69, 9.17) is 4.74 Å². The molecule has 2 aliphatic heterocycles. The standard InChI is InChI=1S/C23H31N3O3/c1-22(2,3)29-21(28)25-12-9-23(10-13-25)20(27)24-16-26(23)11-8-17-14-18-6-4-5-7-19(18)15-17/h4-7,16-17H,8-15H2,1-3H3. The Balaban J connectivity index is 1.34. The van der Waals surface area contributed by atoms with Gasteiger partial charge in [0.1, 0.15) is 11.1 Å². The van der Waals surface area contributed by atoms with Crippen LogP contribution >= 0.6 is 0 Å². The highest BCUT2D eigenvalue weighted by Crippen LogP contribution is 2.35. The molecule has 0 bridgehead atoms. The first kappa shape index (κ1) is 19.9. The fourth-order valence-electron chi connectivity index (χ4n) is 4.81. The fourth-order valence-corrected chi connectivity index (χ4v) is 4.81. The van der Waals surface area contributed by atoms with Crippen molar-refractivity contribution in [3.05, 3.63) is 35.4 Å². The van der Waals surface area contributed by atoms with Crippen LogP contribution in [0.25, 0.3) is 0 Å². The Morgan fingerprint density at radius 1 is 1.17 bits per heavy atom. The minimum Gasteiger partial charge on any atom is -0.444 e. The molecule has 0 radical (unpaired) electrons. The van der Waals surface area contributed by atoms with Gasteiger partial charge >= 0.3 is 6.09 Å². The fraction of sp³-hybridized carbons (Fsp3) is 0.609. The van der Waals surface area contributed by atoms with E-state index in [1.54, 1.807) is 11.2 Å². The van der Waals surface area contributed by atoms with Gasteiger partial charge in [0.25, 0.3) is 5.91 Å². The van der Waals surface area contributed by atoms with Crippen molar-refractivity contribution in [3.8, 4) is 0 Å². The average molecular weight is 398 g/mol. The zero-order chi connectivity index (χ0) is 20.6. The number of fused-ring (bicyclic) bond motifs is 1. The van der Waals surface area contributed by atoms with Crippen molar-refractivity contribution in [2.45, 2.75) is 64.0 Å². The van der Waals surface area contributed by atoms with Gasteiger partial charge in [-0.15, -0.1) is 0 Å². The van der Waals surface area contributed by atoms with Gasteiger partial charge in [-0.3, -0.25) is 4.79 Å². The maximum atomic E-state index is 12.7. The maximum Gasteiger partial charge on any atom is 0.410 e. The minimum absolute atomic E-state index is 0.0592. The second-order valence-electron chi connectivity index (χ2n) is 9.57. The van der Waals surface area contributed by atoms with Crippen molar-refractivity contribution in [3.63, 3.8) is 0 Å². The molecule has 29 heavy (non-hydrogen) atoms. The van der Waals surface area contributed by atoms with Crippen molar-refractivity contribution in [2.24, 2.45) is 10.9 Å². The van der Waals surface area contributed by atoms with Crippen molar-refractivity contribution in [1.82, 2.24) is 9.80 Å². The number of rotatable bonds is 3. The first-order valence-electron chi connectivity index (χ1n) is 10.7. The summed E-state index contributed by atoms with van der Waals surface area (Å²) in [6.07, 6.45) is 5.93. The number of carbonyl (C=O) groups excluding carboxylic acids is 2. The Bertz CT molecular complexity index is 794. The molecule has 1 aliphatic carbocycles. The molecule has 0 atom stereocenters. The van der Waals surface area contributed by atoms with E-state index in [0.29, 0.717) is 31.8 Å². The third-order valence-electron chi connectivity index (χ3n) is 6.42. The summed E-state index contributed by atoms with van der Waals surface area (Å²) >= 11 is 0. The van der Waals surface area contributed by atoms with Gasteiger partial charge in [0, 0.05) is 19.6 Å². The van der Waals surface area contributed by atoms with Crippen LogP contribution in [-0.4, -0.2) is 58.9 Å². The van der Waals surface area contributed by atoms with Gasteiger partial charge in [0.2, 0.25) is 0 Å². The third kappa shape index (κ3) is 4.02. The molecule has 0 saturated carbocycles. The van der Waals surface area contributed by atoms with Crippen LogP contribution in [0.3, 0.4) is 0 Å². The van der Waals surface area contributed by atoms with E-state index < -0.39 is 11.1 Å². The lowest BCUT2D eigenvalue weighted by Crippen LogP contribution is -2.57.